The number of amides is 1. The van der Waals surface area contributed by atoms with Crippen molar-refractivity contribution in [2.75, 3.05) is 0 Å². The van der Waals surface area contributed by atoms with E-state index >= 15 is 0 Å². The van der Waals surface area contributed by atoms with E-state index in [0.717, 1.165) is 12.1 Å². The molecule has 0 aliphatic heterocycles. The van der Waals surface area contributed by atoms with Crippen LogP contribution < -0.4 is 11.1 Å². The first-order chi connectivity index (χ1) is 7.54. The minimum atomic E-state index is -0.925. The molecule has 0 aromatic heterocycles. The van der Waals surface area contributed by atoms with E-state index in [1.807, 2.05) is 0 Å². The van der Waals surface area contributed by atoms with E-state index in [1.165, 1.54) is 6.07 Å². The van der Waals surface area contributed by atoms with E-state index in [9.17, 15) is 13.6 Å². The van der Waals surface area contributed by atoms with Gasteiger partial charge in [0, 0.05) is 6.54 Å². The molecule has 0 bridgehead atoms. The van der Waals surface area contributed by atoms with E-state index in [4.69, 9.17) is 5.73 Å². The standard InChI is InChI=1S/C11H14F2N2O.ClH/c1-2-10(14)11(16)15-6-7-3-4-8(12)9(13)5-7;/h3-5,10H,2,6,14H2,1H3,(H,15,16);1H/t10-;/m0./s1. The van der Waals surface area contributed by atoms with Crippen LogP contribution in [0, 0.1) is 11.6 Å². The fraction of sp³-hybridized carbons (Fsp3) is 0.364. The van der Waals surface area contributed by atoms with Crippen LogP contribution in [0.5, 0.6) is 0 Å². The maximum absolute atomic E-state index is 12.8. The summed E-state index contributed by atoms with van der Waals surface area (Å²) in [4.78, 5) is 11.3. The van der Waals surface area contributed by atoms with Crippen LogP contribution in [0.4, 0.5) is 8.78 Å². The predicted octanol–water partition coefficient (Wildman–Crippen LogP) is 1.74. The molecule has 0 unspecified atom stereocenters. The third-order valence-corrected chi connectivity index (χ3v) is 2.23. The zero-order chi connectivity index (χ0) is 12.1. The van der Waals surface area contributed by atoms with Crippen LogP contribution in [0.15, 0.2) is 18.2 Å². The van der Waals surface area contributed by atoms with Gasteiger partial charge < -0.3 is 11.1 Å². The van der Waals surface area contributed by atoms with Crippen LogP contribution in [0.1, 0.15) is 18.9 Å². The summed E-state index contributed by atoms with van der Waals surface area (Å²) in [6.45, 7) is 1.94. The second-order valence-electron chi connectivity index (χ2n) is 3.48. The Morgan fingerprint density at radius 2 is 2.06 bits per heavy atom. The van der Waals surface area contributed by atoms with E-state index in [2.05, 4.69) is 5.32 Å². The lowest BCUT2D eigenvalue weighted by molar-refractivity contribution is -0.122. The van der Waals surface area contributed by atoms with Crippen molar-refractivity contribution in [3.63, 3.8) is 0 Å². The van der Waals surface area contributed by atoms with Gasteiger partial charge in [-0.05, 0) is 24.1 Å². The molecule has 3 N–H and O–H groups in total. The van der Waals surface area contributed by atoms with Gasteiger partial charge in [0.15, 0.2) is 11.6 Å². The predicted molar refractivity (Wildman–Crippen MR) is 63.7 cm³/mol. The van der Waals surface area contributed by atoms with Gasteiger partial charge >= 0.3 is 0 Å². The van der Waals surface area contributed by atoms with Gasteiger partial charge in [0.2, 0.25) is 5.91 Å². The molecule has 1 aromatic carbocycles. The largest absolute Gasteiger partial charge is 0.351 e. The molecule has 6 heteroatoms. The molecule has 0 heterocycles. The first kappa shape index (κ1) is 15.8. The van der Waals surface area contributed by atoms with Crippen LogP contribution >= 0.6 is 12.4 Å². The Morgan fingerprint density at radius 1 is 1.41 bits per heavy atom. The van der Waals surface area contributed by atoms with Crippen molar-refractivity contribution >= 4 is 18.3 Å². The van der Waals surface area contributed by atoms with Crippen molar-refractivity contribution in [2.45, 2.75) is 25.9 Å². The summed E-state index contributed by atoms with van der Waals surface area (Å²) >= 11 is 0. The number of rotatable bonds is 4. The van der Waals surface area contributed by atoms with E-state index < -0.39 is 17.7 Å². The third-order valence-electron chi connectivity index (χ3n) is 2.23. The zero-order valence-corrected chi connectivity index (χ0v) is 10.2. The number of hydrogen-bond acceptors (Lipinski definition) is 2. The Morgan fingerprint density at radius 3 is 2.59 bits per heavy atom. The van der Waals surface area contributed by atoms with Crippen molar-refractivity contribution in [2.24, 2.45) is 5.73 Å². The molecular formula is C11H15ClF2N2O. The quantitative estimate of drug-likeness (QED) is 0.870. The lowest BCUT2D eigenvalue weighted by atomic mass is 10.2. The van der Waals surface area contributed by atoms with E-state index in [-0.39, 0.29) is 24.9 Å². The second-order valence-corrected chi connectivity index (χ2v) is 3.48. The topological polar surface area (TPSA) is 55.1 Å². The highest BCUT2D eigenvalue weighted by molar-refractivity contribution is 5.85. The number of hydrogen-bond donors (Lipinski definition) is 2. The first-order valence-corrected chi connectivity index (χ1v) is 5.01. The molecular weight excluding hydrogens is 250 g/mol. The summed E-state index contributed by atoms with van der Waals surface area (Å²) in [6.07, 6.45) is 0.531. The number of carbonyl (C=O) groups excluding carboxylic acids is 1. The van der Waals surface area contributed by atoms with Gasteiger partial charge in [-0.1, -0.05) is 13.0 Å². The van der Waals surface area contributed by atoms with Crippen LogP contribution in [-0.2, 0) is 11.3 Å². The summed E-state index contributed by atoms with van der Waals surface area (Å²) in [5, 5.41) is 2.54. The SMILES string of the molecule is CC[C@H](N)C(=O)NCc1ccc(F)c(F)c1.Cl. The molecule has 0 fully saturated rings. The molecule has 0 spiro atoms. The highest BCUT2D eigenvalue weighted by Crippen LogP contribution is 2.08. The van der Waals surface area contributed by atoms with Crippen LogP contribution in [0.3, 0.4) is 0 Å². The van der Waals surface area contributed by atoms with Crippen LogP contribution in [0.25, 0.3) is 0 Å². The molecule has 1 aromatic rings. The Bertz CT molecular complexity index is 388. The van der Waals surface area contributed by atoms with Crippen molar-refractivity contribution < 1.29 is 13.6 Å². The fourth-order valence-corrected chi connectivity index (χ4v) is 1.16. The number of nitrogens with one attached hydrogen (secondary N) is 1. The van der Waals surface area contributed by atoms with Crippen molar-refractivity contribution in [1.29, 1.82) is 0 Å². The normalized spacial score (nSPS) is 11.5. The Balaban J connectivity index is 0.00000256. The van der Waals surface area contributed by atoms with Crippen LogP contribution in [-0.4, -0.2) is 11.9 Å². The van der Waals surface area contributed by atoms with Crippen molar-refractivity contribution in [3.05, 3.63) is 35.4 Å². The van der Waals surface area contributed by atoms with Gasteiger partial charge in [-0.25, -0.2) is 8.78 Å². The minimum absolute atomic E-state index is 0. The smallest absolute Gasteiger partial charge is 0.237 e. The van der Waals surface area contributed by atoms with Gasteiger partial charge in [-0.2, -0.15) is 0 Å². The number of halogens is 3. The van der Waals surface area contributed by atoms with Crippen LogP contribution in [0.2, 0.25) is 0 Å². The Kier molecular flexibility index (Phi) is 6.68. The van der Waals surface area contributed by atoms with Gasteiger partial charge in [0.05, 0.1) is 6.04 Å². The lowest BCUT2D eigenvalue weighted by Crippen LogP contribution is -2.39. The van der Waals surface area contributed by atoms with Gasteiger partial charge in [0.1, 0.15) is 0 Å². The summed E-state index contributed by atoms with van der Waals surface area (Å²) < 4.78 is 25.4. The highest BCUT2D eigenvalue weighted by Gasteiger charge is 2.10. The number of benzene rings is 1. The third kappa shape index (κ3) is 4.66. The molecule has 0 radical (unpaired) electrons. The summed E-state index contributed by atoms with van der Waals surface area (Å²) in [6, 6.07) is 2.92. The Hall–Kier alpha value is -1.20. The zero-order valence-electron chi connectivity index (χ0n) is 9.37. The molecule has 0 saturated heterocycles. The monoisotopic (exact) mass is 264 g/mol. The van der Waals surface area contributed by atoms with Crippen molar-refractivity contribution in [1.82, 2.24) is 5.32 Å². The fourth-order valence-electron chi connectivity index (χ4n) is 1.16. The number of nitrogens with two attached hydrogens (primary N) is 1. The van der Waals surface area contributed by atoms with Crippen molar-refractivity contribution in [3.8, 4) is 0 Å². The summed E-state index contributed by atoms with van der Waals surface area (Å²) in [5.74, 6) is -2.13. The van der Waals surface area contributed by atoms with Gasteiger partial charge in [-0.15, -0.1) is 12.4 Å². The molecule has 0 aliphatic carbocycles. The van der Waals surface area contributed by atoms with E-state index in [1.54, 1.807) is 6.92 Å². The maximum Gasteiger partial charge on any atom is 0.237 e. The first-order valence-electron chi connectivity index (χ1n) is 5.01. The summed E-state index contributed by atoms with van der Waals surface area (Å²) in [5.41, 5.74) is 5.98. The number of carbonyl (C=O) groups is 1. The Labute approximate surface area is 105 Å². The molecule has 17 heavy (non-hydrogen) atoms. The van der Waals surface area contributed by atoms with Gasteiger partial charge in [-0.3, -0.25) is 4.79 Å². The average molecular weight is 265 g/mol. The molecule has 1 atom stereocenters. The molecule has 0 aliphatic rings. The van der Waals surface area contributed by atoms with E-state index in [0.29, 0.717) is 12.0 Å². The maximum atomic E-state index is 12.8. The average Bonchev–Trinajstić information content (AvgIpc) is 2.29. The lowest BCUT2D eigenvalue weighted by Gasteiger charge is -2.10. The molecule has 96 valence electrons. The summed E-state index contributed by atoms with van der Waals surface area (Å²) in [7, 11) is 0. The molecule has 0 saturated carbocycles. The van der Waals surface area contributed by atoms with Gasteiger partial charge in [0.25, 0.3) is 0 Å². The second kappa shape index (κ2) is 7.19. The highest BCUT2D eigenvalue weighted by atomic mass is 35.5. The molecule has 3 nitrogen and oxygen atoms in total. The minimum Gasteiger partial charge on any atom is -0.351 e. The molecule has 1 rings (SSSR count). The molecule has 1 amide bonds.